The second kappa shape index (κ2) is 4.29. The molecule has 0 heterocycles. The van der Waals surface area contributed by atoms with E-state index in [1.54, 1.807) is 0 Å². The first-order valence-electron chi connectivity index (χ1n) is 5.20. The van der Waals surface area contributed by atoms with Crippen LogP contribution in [0.15, 0.2) is 0 Å². The predicted octanol–water partition coefficient (Wildman–Crippen LogP) is 2.85. The maximum atomic E-state index is 11.9. The Hall–Kier alpha value is -0.290. The minimum Gasteiger partial charge on any atom is -0.390 e. The molecule has 15 heavy (non-hydrogen) atoms. The lowest BCUT2D eigenvalue weighted by molar-refractivity contribution is -0.347. The quantitative estimate of drug-likeness (QED) is 0.784. The lowest BCUT2D eigenvalue weighted by Crippen LogP contribution is -2.42. The van der Waals surface area contributed by atoms with Gasteiger partial charge in [0.1, 0.15) is 0 Å². The maximum Gasteiger partial charge on any atom is 0.522 e. The topological polar surface area (TPSA) is 29.5 Å². The molecular formula is C10H17F3O2. The van der Waals surface area contributed by atoms with E-state index in [2.05, 4.69) is 4.74 Å². The van der Waals surface area contributed by atoms with Gasteiger partial charge in [0.05, 0.1) is 11.7 Å². The number of rotatable bonds is 2. The van der Waals surface area contributed by atoms with Crippen molar-refractivity contribution in [2.45, 2.75) is 57.6 Å². The summed E-state index contributed by atoms with van der Waals surface area (Å²) >= 11 is 0. The average Bonchev–Trinajstić information content (AvgIpc) is 2.07. The van der Waals surface area contributed by atoms with Crippen LogP contribution in [0.3, 0.4) is 0 Å². The highest BCUT2D eigenvalue weighted by molar-refractivity contribution is 4.88. The van der Waals surface area contributed by atoms with Gasteiger partial charge in [-0.15, -0.1) is 13.2 Å². The summed E-state index contributed by atoms with van der Waals surface area (Å²) in [5.41, 5.74) is -0.814. The Balaban J connectivity index is 2.43. The molecule has 1 aliphatic carbocycles. The third kappa shape index (κ3) is 3.65. The molecule has 2 nitrogen and oxygen atoms in total. The Morgan fingerprint density at radius 2 is 1.73 bits per heavy atom. The first-order chi connectivity index (χ1) is 6.73. The fraction of sp³-hybridized carbons (Fsp3) is 1.00. The Morgan fingerprint density at radius 1 is 1.27 bits per heavy atom. The summed E-state index contributed by atoms with van der Waals surface area (Å²) in [4.78, 5) is 0. The van der Waals surface area contributed by atoms with Gasteiger partial charge in [-0.25, -0.2) is 0 Å². The molecule has 0 aliphatic heterocycles. The first-order valence-corrected chi connectivity index (χ1v) is 5.20. The fourth-order valence-electron chi connectivity index (χ4n) is 1.98. The van der Waals surface area contributed by atoms with Gasteiger partial charge in [-0.3, -0.25) is 4.74 Å². The fourth-order valence-corrected chi connectivity index (χ4v) is 1.98. The molecule has 0 aromatic carbocycles. The Kier molecular flexibility index (Phi) is 3.66. The smallest absolute Gasteiger partial charge is 0.390 e. The monoisotopic (exact) mass is 226 g/mol. The second-order valence-electron chi connectivity index (χ2n) is 4.52. The molecule has 5 heteroatoms. The van der Waals surface area contributed by atoms with Gasteiger partial charge in [0, 0.05) is 0 Å². The van der Waals surface area contributed by atoms with Crippen LogP contribution in [0.5, 0.6) is 0 Å². The molecule has 0 aromatic heterocycles. The molecule has 0 aromatic rings. The minimum atomic E-state index is -4.56. The van der Waals surface area contributed by atoms with Crippen molar-refractivity contribution in [3.05, 3.63) is 0 Å². The van der Waals surface area contributed by atoms with Crippen molar-refractivity contribution in [1.82, 2.24) is 0 Å². The van der Waals surface area contributed by atoms with Crippen LogP contribution >= 0.6 is 0 Å². The maximum absolute atomic E-state index is 11.9. The summed E-state index contributed by atoms with van der Waals surface area (Å²) in [6.07, 6.45) is -4.04. The SMILES string of the molecule is CC(C)C1(O)CCC(OC(F)(F)F)CC1. The van der Waals surface area contributed by atoms with Crippen LogP contribution < -0.4 is 0 Å². The zero-order valence-corrected chi connectivity index (χ0v) is 8.97. The predicted molar refractivity (Wildman–Crippen MR) is 49.2 cm³/mol. The summed E-state index contributed by atoms with van der Waals surface area (Å²) in [5.74, 6) is 0.0735. The van der Waals surface area contributed by atoms with Crippen molar-refractivity contribution in [3.63, 3.8) is 0 Å². The summed E-state index contributed by atoms with van der Waals surface area (Å²) in [5, 5.41) is 10.0. The number of hydrogen-bond acceptors (Lipinski definition) is 2. The summed E-state index contributed by atoms with van der Waals surface area (Å²) < 4.78 is 39.7. The number of alkyl halides is 3. The van der Waals surface area contributed by atoms with Crippen LogP contribution in [0.25, 0.3) is 0 Å². The molecule has 90 valence electrons. The molecule has 0 spiro atoms. The van der Waals surface area contributed by atoms with Crippen molar-refractivity contribution < 1.29 is 23.0 Å². The van der Waals surface area contributed by atoms with E-state index in [4.69, 9.17) is 0 Å². The molecule has 0 amide bonds. The molecule has 1 fully saturated rings. The minimum absolute atomic E-state index is 0.0735. The zero-order chi connectivity index (χ0) is 11.7. The van der Waals surface area contributed by atoms with Crippen molar-refractivity contribution in [2.24, 2.45) is 5.92 Å². The number of hydrogen-bond donors (Lipinski definition) is 1. The van der Waals surface area contributed by atoms with E-state index in [0.29, 0.717) is 12.8 Å². The molecule has 0 radical (unpaired) electrons. The van der Waals surface area contributed by atoms with Gasteiger partial charge >= 0.3 is 6.36 Å². The number of halogens is 3. The van der Waals surface area contributed by atoms with Crippen LogP contribution in [-0.2, 0) is 4.74 Å². The Morgan fingerprint density at radius 3 is 2.07 bits per heavy atom. The lowest BCUT2D eigenvalue weighted by atomic mass is 9.76. The van der Waals surface area contributed by atoms with Gasteiger partial charge in [-0.05, 0) is 31.6 Å². The van der Waals surface area contributed by atoms with E-state index in [0.717, 1.165) is 0 Å². The summed E-state index contributed by atoms with van der Waals surface area (Å²) in [6, 6.07) is 0. The van der Waals surface area contributed by atoms with Gasteiger partial charge in [-0.1, -0.05) is 13.8 Å². The van der Waals surface area contributed by atoms with Crippen LogP contribution in [0.1, 0.15) is 39.5 Å². The standard InChI is InChI=1S/C10H17F3O2/c1-7(2)9(14)5-3-8(4-6-9)15-10(11,12)13/h7-8,14H,3-6H2,1-2H3. The normalized spacial score (nSPS) is 33.4. The molecule has 1 rings (SSSR count). The van der Waals surface area contributed by atoms with Crippen molar-refractivity contribution >= 4 is 0 Å². The lowest BCUT2D eigenvalue weighted by Gasteiger charge is -2.38. The molecule has 0 atom stereocenters. The van der Waals surface area contributed by atoms with E-state index in [1.807, 2.05) is 13.8 Å². The van der Waals surface area contributed by atoms with Gasteiger partial charge in [-0.2, -0.15) is 0 Å². The van der Waals surface area contributed by atoms with Crippen LogP contribution in [0, 0.1) is 5.92 Å². The first kappa shape index (κ1) is 12.8. The van der Waals surface area contributed by atoms with E-state index in [-0.39, 0.29) is 18.8 Å². The van der Waals surface area contributed by atoms with Gasteiger partial charge in [0.15, 0.2) is 0 Å². The highest BCUT2D eigenvalue weighted by Gasteiger charge is 2.40. The van der Waals surface area contributed by atoms with Crippen LogP contribution in [-0.4, -0.2) is 23.2 Å². The van der Waals surface area contributed by atoms with E-state index in [1.165, 1.54) is 0 Å². The van der Waals surface area contributed by atoms with Crippen molar-refractivity contribution in [3.8, 4) is 0 Å². The third-order valence-corrected chi connectivity index (χ3v) is 3.17. The molecule has 0 unspecified atom stereocenters. The van der Waals surface area contributed by atoms with E-state index >= 15 is 0 Å². The van der Waals surface area contributed by atoms with Gasteiger partial charge in [0.2, 0.25) is 0 Å². The Bertz CT molecular complexity index is 205. The molecule has 0 bridgehead atoms. The number of ether oxygens (including phenoxy) is 1. The number of aliphatic hydroxyl groups is 1. The molecule has 1 aliphatic rings. The Labute approximate surface area is 87.4 Å². The van der Waals surface area contributed by atoms with Crippen molar-refractivity contribution in [1.29, 1.82) is 0 Å². The molecule has 1 N–H and O–H groups in total. The largest absolute Gasteiger partial charge is 0.522 e. The second-order valence-corrected chi connectivity index (χ2v) is 4.52. The average molecular weight is 226 g/mol. The summed E-state index contributed by atoms with van der Waals surface area (Å²) in [7, 11) is 0. The van der Waals surface area contributed by atoms with Gasteiger partial charge < -0.3 is 5.11 Å². The van der Waals surface area contributed by atoms with Crippen LogP contribution in [0.2, 0.25) is 0 Å². The molecular weight excluding hydrogens is 209 g/mol. The van der Waals surface area contributed by atoms with Gasteiger partial charge in [0.25, 0.3) is 0 Å². The molecule has 0 saturated heterocycles. The van der Waals surface area contributed by atoms with Crippen LogP contribution in [0.4, 0.5) is 13.2 Å². The summed E-state index contributed by atoms with van der Waals surface area (Å²) in [6.45, 7) is 3.76. The van der Waals surface area contributed by atoms with Crippen molar-refractivity contribution in [2.75, 3.05) is 0 Å². The van der Waals surface area contributed by atoms with E-state index < -0.39 is 18.1 Å². The third-order valence-electron chi connectivity index (χ3n) is 3.17. The zero-order valence-electron chi connectivity index (χ0n) is 8.97. The highest BCUT2D eigenvalue weighted by atomic mass is 19.4. The highest BCUT2D eigenvalue weighted by Crippen LogP contribution is 2.37. The van der Waals surface area contributed by atoms with E-state index in [9.17, 15) is 18.3 Å². The molecule has 1 saturated carbocycles.